The fourth-order valence-corrected chi connectivity index (χ4v) is 2.88. The maximum absolute atomic E-state index is 8.71. The third-order valence-corrected chi connectivity index (χ3v) is 4.66. The Hall–Kier alpha value is -2.72. The maximum atomic E-state index is 8.71. The summed E-state index contributed by atoms with van der Waals surface area (Å²) in [7, 11) is 0. The van der Waals surface area contributed by atoms with Gasteiger partial charge in [0.2, 0.25) is 0 Å². The Balaban J connectivity index is 3.70. The highest BCUT2D eigenvalue weighted by Crippen LogP contribution is 2.08. The molecule has 0 aromatic carbocycles. The van der Waals surface area contributed by atoms with Crippen molar-refractivity contribution in [3.63, 3.8) is 0 Å². The molecule has 0 rings (SSSR count). The molecule has 0 radical (unpaired) electrons. The van der Waals surface area contributed by atoms with Crippen LogP contribution in [-0.4, -0.2) is 23.4 Å². The molecule has 2 N–H and O–H groups in total. The minimum atomic E-state index is 0.312. The molecule has 0 fully saturated rings. The van der Waals surface area contributed by atoms with Gasteiger partial charge in [0, 0.05) is 26.1 Å². The van der Waals surface area contributed by atoms with E-state index in [1.54, 1.807) is 0 Å². The molecule has 170 valence electrons. The zero-order chi connectivity index (χ0) is 23.2. The van der Waals surface area contributed by atoms with Gasteiger partial charge in [-0.15, -0.1) is 0 Å². The molecule has 0 atom stereocenters. The van der Waals surface area contributed by atoms with Crippen LogP contribution >= 0.6 is 0 Å². The van der Waals surface area contributed by atoms with E-state index in [0.717, 1.165) is 51.4 Å². The first-order valence-corrected chi connectivity index (χ1v) is 12.1. The van der Waals surface area contributed by atoms with Crippen molar-refractivity contribution in [2.75, 3.05) is 13.2 Å². The van der Waals surface area contributed by atoms with Gasteiger partial charge in [0.05, 0.1) is 0 Å². The highest BCUT2D eigenvalue weighted by molar-refractivity contribution is 5.44. The Morgan fingerprint density at radius 1 is 0.281 bits per heavy atom. The first-order chi connectivity index (χ1) is 15.9. The summed E-state index contributed by atoms with van der Waals surface area (Å²) in [6.07, 6.45) is 17.9. The Morgan fingerprint density at radius 2 is 0.531 bits per heavy atom. The smallest absolute Gasteiger partial charge is 0.0431 e. The number of hydrogen-bond acceptors (Lipinski definition) is 2. The number of unbranched alkanes of at least 4 members (excludes halogenated alkanes) is 14. The molecule has 0 aromatic heterocycles. The van der Waals surface area contributed by atoms with Crippen molar-refractivity contribution in [1.82, 2.24) is 0 Å². The van der Waals surface area contributed by atoms with Gasteiger partial charge in [0.25, 0.3) is 0 Å². The van der Waals surface area contributed by atoms with Crippen LogP contribution in [0.2, 0.25) is 0 Å². The third kappa shape index (κ3) is 27.3. The second kappa shape index (κ2) is 28.3. The van der Waals surface area contributed by atoms with Gasteiger partial charge in [-0.25, -0.2) is 0 Å². The van der Waals surface area contributed by atoms with E-state index >= 15 is 0 Å². The standard InChI is InChI=1S/C30H38O2/c31-29-27-25-23-21-19-17-15-13-11-9-7-5-3-1-2-4-6-8-10-12-14-16-18-20-22-24-26-28-30-32/h31-32H,13-30H2. The first-order valence-electron chi connectivity index (χ1n) is 12.1. The quantitative estimate of drug-likeness (QED) is 0.260. The number of rotatable bonds is 16. The number of hydrogen-bond donors (Lipinski definition) is 2. The van der Waals surface area contributed by atoms with Crippen LogP contribution in [0.1, 0.15) is 103 Å². The summed E-state index contributed by atoms with van der Waals surface area (Å²) < 4.78 is 0. The fraction of sp³-hybridized carbons (Fsp3) is 0.600. The lowest BCUT2D eigenvalue weighted by Gasteiger charge is -1.98. The highest BCUT2D eigenvalue weighted by Gasteiger charge is 1.91. The first kappa shape index (κ1) is 29.3. The molecule has 0 spiro atoms. The normalized spacial score (nSPS) is 8.44. The fourth-order valence-electron chi connectivity index (χ4n) is 2.88. The van der Waals surface area contributed by atoms with Crippen molar-refractivity contribution >= 4 is 0 Å². The van der Waals surface area contributed by atoms with Crippen molar-refractivity contribution in [1.29, 1.82) is 0 Å². The van der Waals surface area contributed by atoms with E-state index in [1.807, 2.05) is 0 Å². The van der Waals surface area contributed by atoms with E-state index in [2.05, 4.69) is 71.0 Å². The van der Waals surface area contributed by atoms with Gasteiger partial charge in [0.1, 0.15) is 0 Å². The molecule has 0 bridgehead atoms. The molecule has 0 unspecified atom stereocenters. The lowest BCUT2D eigenvalue weighted by molar-refractivity contribution is 0.282. The number of aliphatic hydroxyl groups is 2. The van der Waals surface area contributed by atoms with Gasteiger partial charge in [-0.1, -0.05) is 76.0 Å². The maximum Gasteiger partial charge on any atom is 0.0431 e. The number of aliphatic hydroxyl groups excluding tert-OH is 2. The summed E-state index contributed by atoms with van der Waals surface area (Å²) in [5.41, 5.74) is 0. The largest absolute Gasteiger partial charge is 0.396 e. The molecule has 0 heterocycles. The molecule has 0 saturated carbocycles. The second-order valence-electron chi connectivity index (χ2n) is 7.50. The van der Waals surface area contributed by atoms with Gasteiger partial charge in [-0.2, -0.15) is 0 Å². The molecule has 32 heavy (non-hydrogen) atoms. The van der Waals surface area contributed by atoms with Gasteiger partial charge in [0.15, 0.2) is 0 Å². The van der Waals surface area contributed by atoms with Gasteiger partial charge < -0.3 is 10.2 Å². The summed E-state index contributed by atoms with van der Waals surface area (Å²) in [6, 6.07) is 0. The average molecular weight is 431 g/mol. The van der Waals surface area contributed by atoms with E-state index in [-0.39, 0.29) is 0 Å². The van der Waals surface area contributed by atoms with Gasteiger partial charge in [-0.3, -0.25) is 0 Å². The molecular formula is C30H38O2. The van der Waals surface area contributed by atoms with Crippen molar-refractivity contribution < 1.29 is 10.2 Å². The van der Waals surface area contributed by atoms with Crippen molar-refractivity contribution in [3.05, 3.63) is 0 Å². The van der Waals surface area contributed by atoms with E-state index in [0.29, 0.717) is 13.2 Å². The molecule has 0 saturated heterocycles. The SMILES string of the molecule is OCCCCCCCCCC#CC#CC#CC#CC#CC#CCCCCCCCCCO. The molecule has 2 heteroatoms. The van der Waals surface area contributed by atoms with Gasteiger partial charge >= 0.3 is 0 Å². The lowest BCUT2D eigenvalue weighted by atomic mass is 10.1. The van der Waals surface area contributed by atoms with Crippen molar-refractivity contribution in [3.8, 4) is 71.0 Å². The van der Waals surface area contributed by atoms with E-state index < -0.39 is 0 Å². The minimum Gasteiger partial charge on any atom is -0.396 e. The second-order valence-corrected chi connectivity index (χ2v) is 7.50. The van der Waals surface area contributed by atoms with Crippen LogP contribution < -0.4 is 0 Å². The summed E-state index contributed by atoms with van der Waals surface area (Å²) >= 11 is 0. The molecule has 0 aliphatic heterocycles. The topological polar surface area (TPSA) is 40.5 Å². The Kier molecular flexibility index (Phi) is 25.9. The van der Waals surface area contributed by atoms with E-state index in [1.165, 1.54) is 51.4 Å². The minimum absolute atomic E-state index is 0.312. The Bertz CT molecular complexity index is 742. The Labute approximate surface area is 197 Å². The molecule has 0 amide bonds. The summed E-state index contributed by atoms with van der Waals surface area (Å²) in [5, 5.41) is 17.4. The van der Waals surface area contributed by atoms with E-state index in [4.69, 9.17) is 10.2 Å². The van der Waals surface area contributed by atoms with Crippen LogP contribution in [-0.2, 0) is 0 Å². The third-order valence-electron chi connectivity index (χ3n) is 4.66. The van der Waals surface area contributed by atoms with Crippen molar-refractivity contribution in [2.45, 2.75) is 103 Å². The zero-order valence-corrected chi connectivity index (χ0v) is 19.6. The van der Waals surface area contributed by atoms with Crippen LogP contribution in [0.3, 0.4) is 0 Å². The summed E-state index contributed by atoms with van der Waals surface area (Å²) in [6.45, 7) is 0.623. The van der Waals surface area contributed by atoms with Crippen molar-refractivity contribution in [2.24, 2.45) is 0 Å². The Morgan fingerprint density at radius 3 is 0.844 bits per heavy atom. The van der Waals surface area contributed by atoms with Crippen LogP contribution in [0.4, 0.5) is 0 Å². The van der Waals surface area contributed by atoms with Crippen LogP contribution in [0, 0.1) is 71.0 Å². The van der Waals surface area contributed by atoms with Gasteiger partial charge in [-0.05, 0) is 84.9 Å². The van der Waals surface area contributed by atoms with E-state index in [9.17, 15) is 0 Å². The lowest BCUT2D eigenvalue weighted by Crippen LogP contribution is -1.83. The molecule has 0 aromatic rings. The molecule has 2 nitrogen and oxygen atoms in total. The molecule has 0 aliphatic carbocycles. The average Bonchev–Trinajstić information content (AvgIpc) is 2.81. The summed E-state index contributed by atoms with van der Waals surface area (Å²) in [5.74, 6) is 33.1. The highest BCUT2D eigenvalue weighted by atomic mass is 16.3. The summed E-state index contributed by atoms with van der Waals surface area (Å²) in [4.78, 5) is 0. The monoisotopic (exact) mass is 430 g/mol. The predicted molar refractivity (Wildman–Crippen MR) is 135 cm³/mol. The molecule has 0 aliphatic rings. The van der Waals surface area contributed by atoms with Crippen LogP contribution in [0.25, 0.3) is 0 Å². The zero-order valence-electron chi connectivity index (χ0n) is 19.6. The molecular weight excluding hydrogens is 392 g/mol. The predicted octanol–water partition coefficient (Wildman–Crippen LogP) is 5.23. The van der Waals surface area contributed by atoms with Crippen LogP contribution in [0.5, 0.6) is 0 Å². The van der Waals surface area contributed by atoms with Crippen LogP contribution in [0.15, 0.2) is 0 Å².